The molecule has 37 heavy (non-hydrogen) atoms. The minimum Gasteiger partial charge on any atom is -0.393 e. The predicted octanol–water partition coefficient (Wildman–Crippen LogP) is 7.13. The molecule has 0 radical (unpaired) electrons. The Bertz CT molecular complexity index is 835. The van der Waals surface area contributed by atoms with E-state index in [9.17, 15) is 9.90 Å². The Kier molecular flexibility index (Phi) is 7.73. The molecule has 214 valence electrons. The minimum absolute atomic E-state index is 0. The first-order chi connectivity index (χ1) is 17.6. The number of aldehydes is 1. The molecule has 0 amide bonds. The van der Waals surface area contributed by atoms with E-state index in [4.69, 9.17) is 4.74 Å². The van der Waals surface area contributed by atoms with Crippen molar-refractivity contribution in [2.75, 3.05) is 20.1 Å². The van der Waals surface area contributed by atoms with Crippen molar-refractivity contribution in [2.24, 2.45) is 45.3 Å². The number of aliphatic hydroxyl groups excluding tert-OH is 1. The Hall–Kier alpha value is -0.450. The lowest BCUT2D eigenvalue weighted by Gasteiger charge is -2.59. The maximum absolute atomic E-state index is 10.8. The van der Waals surface area contributed by atoms with Gasteiger partial charge in [-0.25, -0.2) is 0 Å². The number of hydrogen-bond donors (Lipinski definition) is 1. The van der Waals surface area contributed by atoms with Crippen LogP contribution in [0.1, 0.15) is 120 Å². The fourth-order valence-corrected chi connectivity index (χ4v) is 11.3. The highest BCUT2D eigenvalue weighted by molar-refractivity contribution is 5.48. The number of rotatable bonds is 6. The zero-order chi connectivity index (χ0) is 26.6. The molecule has 0 aromatic heterocycles. The molecular weight excluding hydrogens is 458 g/mol. The molecule has 10 atom stereocenters. The van der Waals surface area contributed by atoms with Gasteiger partial charge in [-0.1, -0.05) is 41.0 Å². The van der Waals surface area contributed by atoms with Crippen molar-refractivity contribution in [3.63, 3.8) is 0 Å². The van der Waals surface area contributed by atoms with Gasteiger partial charge in [-0.2, -0.15) is 0 Å². The number of unbranched alkanes of at least 4 members (excludes halogenated alkanes) is 1. The molecular formula is C33H59NO3. The maximum atomic E-state index is 10.8. The first-order valence-corrected chi connectivity index (χ1v) is 16.0. The fourth-order valence-electron chi connectivity index (χ4n) is 11.3. The van der Waals surface area contributed by atoms with Crippen molar-refractivity contribution in [2.45, 2.75) is 136 Å². The van der Waals surface area contributed by atoms with E-state index in [0.29, 0.717) is 34.9 Å². The molecule has 4 heteroatoms. The van der Waals surface area contributed by atoms with Crippen LogP contribution in [-0.4, -0.2) is 54.7 Å². The van der Waals surface area contributed by atoms with Crippen molar-refractivity contribution in [1.82, 2.24) is 4.90 Å². The second-order valence-electron chi connectivity index (χ2n) is 15.1. The predicted molar refractivity (Wildman–Crippen MR) is 152 cm³/mol. The zero-order valence-corrected chi connectivity index (χ0v) is 24.9. The molecule has 8 unspecified atom stereocenters. The van der Waals surface area contributed by atoms with Crippen LogP contribution in [0.2, 0.25) is 0 Å². The summed E-state index contributed by atoms with van der Waals surface area (Å²) < 4.78 is 6.92. The van der Waals surface area contributed by atoms with Crippen LogP contribution >= 0.6 is 0 Å². The average Bonchev–Trinajstić information content (AvgIpc) is 3.46. The monoisotopic (exact) mass is 517 g/mol. The molecule has 5 aliphatic carbocycles. The summed E-state index contributed by atoms with van der Waals surface area (Å²) in [6, 6.07) is 0. The Morgan fingerprint density at radius 2 is 1.70 bits per heavy atom. The molecule has 6 rings (SSSR count). The molecule has 1 aliphatic heterocycles. The smallest absolute Gasteiger partial charge is 0.119 e. The lowest BCUT2D eigenvalue weighted by molar-refractivity contribution is -0.135. The lowest BCUT2D eigenvalue weighted by atomic mass is 9.46. The van der Waals surface area contributed by atoms with Crippen molar-refractivity contribution < 1.29 is 16.1 Å². The number of likely N-dealkylation sites (N-methyl/N-ethyl adjacent to an activating group) is 1. The minimum atomic E-state index is -0.0914. The van der Waals surface area contributed by atoms with Crippen LogP contribution < -0.4 is 0 Å². The lowest BCUT2D eigenvalue weighted by Crippen LogP contribution is -2.54. The summed E-state index contributed by atoms with van der Waals surface area (Å²) in [5.74, 6) is 3.36. The summed E-state index contributed by atoms with van der Waals surface area (Å²) in [4.78, 5) is 11.7. The van der Waals surface area contributed by atoms with Crippen molar-refractivity contribution in [3.8, 4) is 0 Å². The molecule has 1 saturated heterocycles. The highest BCUT2D eigenvalue weighted by atomic mass is 16.5. The first-order valence-electron chi connectivity index (χ1n) is 16.0. The van der Waals surface area contributed by atoms with E-state index in [1.54, 1.807) is 0 Å². The number of nitrogens with zero attached hydrogens (tertiary/aromatic N) is 1. The van der Waals surface area contributed by atoms with Gasteiger partial charge in [0.15, 0.2) is 0 Å². The van der Waals surface area contributed by atoms with Gasteiger partial charge in [0.05, 0.1) is 18.3 Å². The fraction of sp³-hybridized carbons (Fsp3) is 0.970. The highest BCUT2D eigenvalue weighted by Crippen LogP contribution is 2.87. The largest absolute Gasteiger partial charge is 0.393 e. The number of fused-ring (bicyclic) bond motifs is 4. The van der Waals surface area contributed by atoms with Crippen molar-refractivity contribution in [3.05, 3.63) is 0 Å². The van der Waals surface area contributed by atoms with Gasteiger partial charge in [-0.3, -0.25) is 0 Å². The second-order valence-corrected chi connectivity index (χ2v) is 15.1. The van der Waals surface area contributed by atoms with E-state index in [2.05, 4.69) is 39.6 Å². The maximum Gasteiger partial charge on any atom is 0.119 e. The number of carbonyl (C=O) groups is 1. The molecule has 6 aliphatic rings. The van der Waals surface area contributed by atoms with E-state index in [0.717, 1.165) is 42.9 Å². The van der Waals surface area contributed by atoms with Gasteiger partial charge in [-0.15, -0.1) is 0 Å². The van der Waals surface area contributed by atoms with Crippen LogP contribution in [0.15, 0.2) is 0 Å². The molecule has 1 heterocycles. The molecule has 0 bridgehead atoms. The first kappa shape index (κ1) is 28.1. The molecule has 1 N–H and O–H groups in total. The third-order valence-corrected chi connectivity index (χ3v) is 13.2. The average molecular weight is 518 g/mol. The molecule has 4 nitrogen and oxygen atoms in total. The van der Waals surface area contributed by atoms with Gasteiger partial charge in [-0.05, 0) is 130 Å². The van der Waals surface area contributed by atoms with Gasteiger partial charge < -0.3 is 19.5 Å². The van der Waals surface area contributed by atoms with E-state index < -0.39 is 0 Å². The van der Waals surface area contributed by atoms with Crippen LogP contribution in [0.5, 0.6) is 0 Å². The number of hydrogen-bond acceptors (Lipinski definition) is 4. The van der Waals surface area contributed by atoms with Gasteiger partial charge in [0.2, 0.25) is 0 Å². The summed E-state index contributed by atoms with van der Waals surface area (Å²) in [5, 5.41) is 10.8. The van der Waals surface area contributed by atoms with E-state index in [1.165, 1.54) is 77.2 Å². The zero-order valence-electron chi connectivity index (χ0n) is 24.9. The van der Waals surface area contributed by atoms with Crippen LogP contribution in [0.4, 0.5) is 0 Å². The molecule has 0 aromatic rings. The quantitative estimate of drug-likeness (QED) is 0.381. The Morgan fingerprint density at radius 3 is 2.41 bits per heavy atom. The summed E-state index contributed by atoms with van der Waals surface area (Å²) in [7, 11) is 2.29. The number of ether oxygens (including phenoxy) is 1. The summed E-state index contributed by atoms with van der Waals surface area (Å²) in [6.07, 6.45) is 18.5. The number of carbonyl (C=O) groups excluding carboxylic acids is 1. The topological polar surface area (TPSA) is 49.8 Å². The highest BCUT2D eigenvalue weighted by Gasteiger charge is 2.80. The van der Waals surface area contributed by atoms with E-state index in [-0.39, 0.29) is 12.9 Å². The Balaban J connectivity index is 0.000000630. The van der Waals surface area contributed by atoms with Crippen LogP contribution in [0, 0.1) is 45.3 Å². The Morgan fingerprint density at radius 1 is 0.973 bits per heavy atom. The normalized spacial score (nSPS) is 48.9. The third kappa shape index (κ3) is 4.29. The van der Waals surface area contributed by atoms with Crippen LogP contribution in [-0.2, 0) is 9.53 Å². The van der Waals surface area contributed by atoms with Gasteiger partial charge in [0.25, 0.3) is 0 Å². The SMILES string of the molecule is CCC=O.CCCCN(C)CC1CCC2C(CC3C4CCC5C(C)(C)[C@@H](O)CC[C@@]56CC46CCC23C)O1.[HH]. The standard InChI is InChI=1S/C30H51NO2.C3H6O.H2/c1-6-7-16-31(5)18-20-8-9-22-24(33-20)17-23-21-10-11-25-27(2,3)26(32)12-13-30(25)19-29(21,30)15-14-28(22,23)4;1-2-3-4;/h20-26,32H,6-19H2,1-5H3;3H,2H2,1H3;1H/t20?,21?,22?,23?,24?,25?,26-,28?,29?,30+;;/m0../s1. The molecule has 0 aromatic carbocycles. The third-order valence-electron chi connectivity index (χ3n) is 13.2. The number of aliphatic hydroxyl groups is 1. The van der Waals surface area contributed by atoms with Crippen LogP contribution in [0.25, 0.3) is 0 Å². The van der Waals surface area contributed by atoms with E-state index in [1.807, 2.05) is 6.92 Å². The second kappa shape index (κ2) is 10.2. The summed E-state index contributed by atoms with van der Waals surface area (Å²) >= 11 is 0. The van der Waals surface area contributed by atoms with Crippen molar-refractivity contribution >= 4 is 6.29 Å². The van der Waals surface area contributed by atoms with Gasteiger partial charge in [0.1, 0.15) is 6.29 Å². The van der Waals surface area contributed by atoms with Gasteiger partial charge in [0, 0.05) is 14.4 Å². The van der Waals surface area contributed by atoms with E-state index >= 15 is 0 Å². The van der Waals surface area contributed by atoms with Crippen molar-refractivity contribution in [1.29, 1.82) is 0 Å². The molecule has 5 saturated carbocycles. The Labute approximate surface area is 229 Å². The van der Waals surface area contributed by atoms with Crippen LogP contribution in [0.3, 0.4) is 0 Å². The van der Waals surface area contributed by atoms with Gasteiger partial charge >= 0.3 is 0 Å². The summed E-state index contributed by atoms with van der Waals surface area (Å²) in [5.41, 5.74) is 1.81. The molecule has 6 fully saturated rings. The summed E-state index contributed by atoms with van der Waals surface area (Å²) in [6.45, 7) is 13.9. The molecule has 2 spiro atoms.